The second kappa shape index (κ2) is 8.03. The largest absolute Gasteiger partial charge is 0.493 e. The molecule has 2 aromatic carbocycles. The van der Waals surface area contributed by atoms with E-state index in [4.69, 9.17) is 9.47 Å². The van der Waals surface area contributed by atoms with Crippen LogP contribution in [0.3, 0.4) is 0 Å². The fourth-order valence-corrected chi connectivity index (χ4v) is 2.02. The highest BCUT2D eigenvalue weighted by Crippen LogP contribution is 2.26. The van der Waals surface area contributed by atoms with Crippen molar-refractivity contribution in [2.24, 2.45) is 0 Å². The van der Waals surface area contributed by atoms with Gasteiger partial charge in [-0.3, -0.25) is 4.79 Å². The minimum atomic E-state index is -0.236. The molecule has 0 spiro atoms. The van der Waals surface area contributed by atoms with E-state index in [1.165, 1.54) is 0 Å². The maximum atomic E-state index is 12.5. The second-order valence-electron chi connectivity index (χ2n) is 5.13. The maximum Gasteiger partial charge on any atom is 0.259 e. The third-order valence-corrected chi connectivity index (χ3v) is 3.04. The van der Waals surface area contributed by atoms with Gasteiger partial charge in [-0.1, -0.05) is 30.8 Å². The van der Waals surface area contributed by atoms with E-state index in [1.54, 1.807) is 24.3 Å². The molecule has 2 rings (SSSR count). The third kappa shape index (κ3) is 4.61. The van der Waals surface area contributed by atoms with E-state index in [1.807, 2.05) is 38.1 Å². The molecular weight excluding hydrogens is 290 g/mol. The van der Waals surface area contributed by atoms with Crippen LogP contribution in [0, 0.1) is 0 Å². The predicted octanol–water partition coefficient (Wildman–Crippen LogP) is 4.29. The van der Waals surface area contributed by atoms with Crippen LogP contribution in [0.2, 0.25) is 0 Å². The van der Waals surface area contributed by atoms with Crippen LogP contribution >= 0.6 is 0 Å². The van der Waals surface area contributed by atoms with Crippen molar-refractivity contribution in [3.05, 3.63) is 66.2 Å². The molecule has 0 aromatic heterocycles. The van der Waals surface area contributed by atoms with Gasteiger partial charge in [0.05, 0.1) is 17.9 Å². The lowest BCUT2D eigenvalue weighted by atomic mass is 10.1. The van der Waals surface area contributed by atoms with E-state index in [0.29, 0.717) is 36.0 Å². The standard InChI is InChI=1S/C19H21NO3/c1-4-22-17-11-7-5-9-15(17)19(21)20-16-10-6-8-12-18(16)23-13-14(2)3/h5-12H,2,4,13H2,1,3H3,(H,20,21). The van der Waals surface area contributed by atoms with Crippen molar-refractivity contribution in [3.63, 3.8) is 0 Å². The SMILES string of the molecule is C=C(C)COc1ccccc1NC(=O)c1ccccc1OCC. The highest BCUT2D eigenvalue weighted by atomic mass is 16.5. The van der Waals surface area contributed by atoms with Crippen molar-refractivity contribution in [1.29, 1.82) is 0 Å². The third-order valence-electron chi connectivity index (χ3n) is 3.04. The van der Waals surface area contributed by atoms with Crippen LogP contribution in [-0.2, 0) is 0 Å². The van der Waals surface area contributed by atoms with E-state index in [2.05, 4.69) is 11.9 Å². The van der Waals surface area contributed by atoms with Crippen LogP contribution in [0.4, 0.5) is 5.69 Å². The summed E-state index contributed by atoms with van der Waals surface area (Å²) in [5.74, 6) is 0.936. The molecule has 2 aromatic rings. The van der Waals surface area contributed by atoms with E-state index >= 15 is 0 Å². The Bertz CT molecular complexity index is 695. The molecular formula is C19H21NO3. The van der Waals surface area contributed by atoms with Gasteiger partial charge in [0.15, 0.2) is 0 Å². The van der Waals surface area contributed by atoms with Crippen molar-refractivity contribution >= 4 is 11.6 Å². The Balaban J connectivity index is 2.19. The number of ether oxygens (including phenoxy) is 2. The minimum Gasteiger partial charge on any atom is -0.493 e. The molecule has 0 saturated carbocycles. The first-order valence-electron chi connectivity index (χ1n) is 7.51. The highest BCUT2D eigenvalue weighted by molar-refractivity contribution is 6.06. The van der Waals surface area contributed by atoms with Gasteiger partial charge in [0.25, 0.3) is 5.91 Å². The summed E-state index contributed by atoms with van der Waals surface area (Å²) in [6.07, 6.45) is 0. The molecule has 0 heterocycles. The molecule has 4 nitrogen and oxygen atoms in total. The van der Waals surface area contributed by atoms with Crippen molar-refractivity contribution in [2.45, 2.75) is 13.8 Å². The summed E-state index contributed by atoms with van der Waals surface area (Å²) in [5.41, 5.74) is 2.02. The zero-order valence-electron chi connectivity index (χ0n) is 13.5. The van der Waals surface area contributed by atoms with Gasteiger partial charge in [0, 0.05) is 0 Å². The molecule has 4 heteroatoms. The molecule has 1 N–H and O–H groups in total. The fourth-order valence-electron chi connectivity index (χ4n) is 2.02. The normalized spacial score (nSPS) is 10.0. The Kier molecular flexibility index (Phi) is 5.80. The number of carbonyl (C=O) groups excluding carboxylic acids is 1. The second-order valence-corrected chi connectivity index (χ2v) is 5.13. The van der Waals surface area contributed by atoms with Gasteiger partial charge in [0.2, 0.25) is 0 Å². The first kappa shape index (κ1) is 16.6. The summed E-state index contributed by atoms with van der Waals surface area (Å²) in [7, 11) is 0. The van der Waals surface area contributed by atoms with Crippen LogP contribution in [-0.4, -0.2) is 19.1 Å². The summed E-state index contributed by atoms with van der Waals surface area (Å²) in [6.45, 7) is 8.49. The van der Waals surface area contributed by atoms with Gasteiger partial charge in [-0.2, -0.15) is 0 Å². The lowest BCUT2D eigenvalue weighted by Gasteiger charge is -2.14. The van der Waals surface area contributed by atoms with Gasteiger partial charge in [-0.05, 0) is 43.7 Å². The van der Waals surface area contributed by atoms with Crippen LogP contribution in [0.1, 0.15) is 24.2 Å². The number of benzene rings is 2. The maximum absolute atomic E-state index is 12.5. The molecule has 1 amide bonds. The van der Waals surface area contributed by atoms with Gasteiger partial charge in [-0.15, -0.1) is 0 Å². The number of amides is 1. The molecule has 0 aliphatic heterocycles. The smallest absolute Gasteiger partial charge is 0.259 e. The Hall–Kier alpha value is -2.75. The number of para-hydroxylation sites is 3. The highest BCUT2D eigenvalue weighted by Gasteiger charge is 2.14. The topological polar surface area (TPSA) is 47.6 Å². The molecule has 0 fully saturated rings. The Morgan fingerprint density at radius 1 is 1.04 bits per heavy atom. The quantitative estimate of drug-likeness (QED) is 0.776. The van der Waals surface area contributed by atoms with Crippen molar-refractivity contribution in [2.75, 3.05) is 18.5 Å². The molecule has 0 radical (unpaired) electrons. The number of anilines is 1. The average Bonchev–Trinajstić information content (AvgIpc) is 2.54. The van der Waals surface area contributed by atoms with Crippen molar-refractivity contribution < 1.29 is 14.3 Å². The zero-order chi connectivity index (χ0) is 16.7. The van der Waals surface area contributed by atoms with Gasteiger partial charge < -0.3 is 14.8 Å². The lowest BCUT2D eigenvalue weighted by Crippen LogP contribution is -2.14. The number of nitrogens with one attached hydrogen (secondary N) is 1. The minimum absolute atomic E-state index is 0.236. The molecule has 0 unspecified atom stereocenters. The number of hydrogen-bond acceptors (Lipinski definition) is 3. The first-order valence-corrected chi connectivity index (χ1v) is 7.51. The van der Waals surface area contributed by atoms with Gasteiger partial charge in [0.1, 0.15) is 18.1 Å². The number of hydrogen-bond donors (Lipinski definition) is 1. The average molecular weight is 311 g/mol. The Labute approximate surface area is 136 Å². The molecule has 120 valence electrons. The molecule has 0 saturated heterocycles. The summed E-state index contributed by atoms with van der Waals surface area (Å²) in [4.78, 5) is 12.5. The van der Waals surface area contributed by atoms with Crippen LogP contribution in [0.25, 0.3) is 0 Å². The number of carbonyl (C=O) groups is 1. The summed E-state index contributed by atoms with van der Waals surface area (Å²) in [5, 5.41) is 2.88. The van der Waals surface area contributed by atoms with E-state index in [0.717, 1.165) is 5.57 Å². The first-order chi connectivity index (χ1) is 11.1. The van der Waals surface area contributed by atoms with E-state index < -0.39 is 0 Å². The Morgan fingerprint density at radius 3 is 2.39 bits per heavy atom. The van der Waals surface area contributed by atoms with Crippen molar-refractivity contribution in [1.82, 2.24) is 0 Å². The van der Waals surface area contributed by atoms with Gasteiger partial charge in [-0.25, -0.2) is 0 Å². The van der Waals surface area contributed by atoms with E-state index in [9.17, 15) is 4.79 Å². The fraction of sp³-hybridized carbons (Fsp3) is 0.211. The van der Waals surface area contributed by atoms with Crippen LogP contribution in [0.15, 0.2) is 60.7 Å². The summed E-state index contributed by atoms with van der Waals surface area (Å²) >= 11 is 0. The predicted molar refractivity (Wildman–Crippen MR) is 92.3 cm³/mol. The molecule has 23 heavy (non-hydrogen) atoms. The van der Waals surface area contributed by atoms with Crippen molar-refractivity contribution in [3.8, 4) is 11.5 Å². The van der Waals surface area contributed by atoms with Crippen LogP contribution in [0.5, 0.6) is 11.5 Å². The zero-order valence-corrected chi connectivity index (χ0v) is 13.5. The van der Waals surface area contributed by atoms with Gasteiger partial charge >= 0.3 is 0 Å². The molecule has 0 atom stereocenters. The monoisotopic (exact) mass is 311 g/mol. The van der Waals surface area contributed by atoms with E-state index in [-0.39, 0.29) is 5.91 Å². The molecule has 0 bridgehead atoms. The van der Waals surface area contributed by atoms with Crippen LogP contribution < -0.4 is 14.8 Å². The summed E-state index contributed by atoms with van der Waals surface area (Å²) in [6, 6.07) is 14.5. The molecule has 0 aliphatic rings. The number of rotatable bonds is 7. The lowest BCUT2D eigenvalue weighted by molar-refractivity contribution is 0.102. The summed E-state index contributed by atoms with van der Waals surface area (Å²) < 4.78 is 11.2. The molecule has 0 aliphatic carbocycles. The Morgan fingerprint density at radius 2 is 1.70 bits per heavy atom.